The molecule has 0 aliphatic rings. The summed E-state index contributed by atoms with van der Waals surface area (Å²) >= 11 is 4.86. The summed E-state index contributed by atoms with van der Waals surface area (Å²) in [4.78, 5) is 25.1. The number of hydrogen-bond acceptors (Lipinski definition) is 3. The summed E-state index contributed by atoms with van der Waals surface area (Å²) in [5.74, 6) is -0.514. The van der Waals surface area contributed by atoms with Crippen molar-refractivity contribution in [2.45, 2.75) is 13.8 Å². The summed E-state index contributed by atoms with van der Waals surface area (Å²) in [5.41, 5.74) is 11.9. The molecule has 1 aromatic carbocycles. The van der Waals surface area contributed by atoms with Gasteiger partial charge < -0.3 is 16.4 Å². The maximum atomic E-state index is 12.4. The Labute approximate surface area is 123 Å². The Balaban J connectivity index is 2.93. The molecule has 0 aromatic heterocycles. The van der Waals surface area contributed by atoms with Gasteiger partial charge in [-0.3, -0.25) is 9.59 Å². The highest BCUT2D eigenvalue weighted by molar-refractivity contribution is 7.80. The number of carbonyl (C=O) groups excluding carboxylic acids is 2. The molecule has 0 aliphatic carbocycles. The maximum absolute atomic E-state index is 12.4. The van der Waals surface area contributed by atoms with Gasteiger partial charge in [0.1, 0.15) is 4.99 Å². The number of nitrogens with two attached hydrogens (primary N) is 2. The van der Waals surface area contributed by atoms with E-state index >= 15 is 0 Å². The fraction of sp³-hybridized carbons (Fsp3) is 0.357. The minimum atomic E-state index is -0.529. The molecule has 4 N–H and O–H groups in total. The van der Waals surface area contributed by atoms with Crippen molar-refractivity contribution in [1.82, 2.24) is 4.90 Å². The van der Waals surface area contributed by atoms with E-state index in [0.717, 1.165) is 0 Å². The van der Waals surface area contributed by atoms with Crippen LogP contribution in [-0.2, 0) is 4.79 Å². The molecule has 1 aromatic rings. The van der Waals surface area contributed by atoms with Gasteiger partial charge in [-0.25, -0.2) is 0 Å². The smallest absolute Gasteiger partial charge is 0.254 e. The standard InChI is InChI=1S/C14H19N3O2S/c1-9(2)7-17(8-12(15)18)14(19)11-5-3-10(4-6-11)13(16)20/h3-6,9H,7-8H2,1-2H3,(H2,15,18)(H2,16,20). The summed E-state index contributed by atoms with van der Waals surface area (Å²) < 4.78 is 0. The number of thiocarbonyl (C=S) groups is 1. The van der Waals surface area contributed by atoms with Gasteiger partial charge in [0.2, 0.25) is 5.91 Å². The van der Waals surface area contributed by atoms with E-state index in [1.165, 1.54) is 4.90 Å². The van der Waals surface area contributed by atoms with Crippen LogP contribution in [0.2, 0.25) is 0 Å². The molecule has 0 aliphatic heterocycles. The number of primary amides is 1. The van der Waals surface area contributed by atoms with E-state index in [0.29, 0.717) is 17.7 Å². The predicted octanol–water partition coefficient (Wildman–Crippen LogP) is 0.904. The number of nitrogens with zero attached hydrogens (tertiary/aromatic N) is 1. The van der Waals surface area contributed by atoms with E-state index in [9.17, 15) is 9.59 Å². The van der Waals surface area contributed by atoms with Gasteiger partial charge in [0, 0.05) is 17.7 Å². The number of carbonyl (C=O) groups is 2. The average molecular weight is 293 g/mol. The van der Waals surface area contributed by atoms with Gasteiger partial charge in [-0.2, -0.15) is 0 Å². The van der Waals surface area contributed by atoms with Crippen LogP contribution in [0.1, 0.15) is 29.8 Å². The lowest BCUT2D eigenvalue weighted by atomic mass is 10.1. The SMILES string of the molecule is CC(C)CN(CC(N)=O)C(=O)c1ccc(C(N)=S)cc1. The van der Waals surface area contributed by atoms with Crippen molar-refractivity contribution < 1.29 is 9.59 Å². The molecule has 0 atom stereocenters. The molecular formula is C14H19N3O2S. The highest BCUT2D eigenvalue weighted by Crippen LogP contribution is 2.09. The van der Waals surface area contributed by atoms with E-state index in [2.05, 4.69) is 0 Å². The van der Waals surface area contributed by atoms with Crippen molar-refractivity contribution in [2.75, 3.05) is 13.1 Å². The molecule has 5 nitrogen and oxygen atoms in total. The predicted molar refractivity (Wildman–Crippen MR) is 82.3 cm³/mol. The van der Waals surface area contributed by atoms with Crippen LogP contribution >= 0.6 is 12.2 Å². The number of rotatable bonds is 6. The Morgan fingerprint density at radius 2 is 1.65 bits per heavy atom. The first kappa shape index (κ1) is 16.1. The molecule has 0 saturated heterocycles. The Hall–Kier alpha value is -1.95. The van der Waals surface area contributed by atoms with Crippen LogP contribution < -0.4 is 11.5 Å². The number of benzene rings is 1. The maximum Gasteiger partial charge on any atom is 0.254 e. The Kier molecular flexibility index (Phi) is 5.64. The molecule has 0 saturated carbocycles. The highest BCUT2D eigenvalue weighted by atomic mass is 32.1. The summed E-state index contributed by atoms with van der Waals surface area (Å²) in [6, 6.07) is 6.66. The van der Waals surface area contributed by atoms with Crippen molar-refractivity contribution in [3.63, 3.8) is 0 Å². The average Bonchev–Trinajstić information content (AvgIpc) is 2.36. The van der Waals surface area contributed by atoms with Crippen molar-refractivity contribution in [3.05, 3.63) is 35.4 Å². The molecule has 20 heavy (non-hydrogen) atoms. The molecule has 0 radical (unpaired) electrons. The van der Waals surface area contributed by atoms with Gasteiger partial charge >= 0.3 is 0 Å². The lowest BCUT2D eigenvalue weighted by Gasteiger charge is -2.23. The number of hydrogen-bond donors (Lipinski definition) is 2. The van der Waals surface area contributed by atoms with Crippen LogP contribution in [-0.4, -0.2) is 34.8 Å². The van der Waals surface area contributed by atoms with E-state index in [1.807, 2.05) is 13.8 Å². The van der Waals surface area contributed by atoms with Crippen molar-refractivity contribution in [1.29, 1.82) is 0 Å². The number of amides is 2. The second-order valence-corrected chi connectivity index (χ2v) is 5.43. The monoisotopic (exact) mass is 293 g/mol. The highest BCUT2D eigenvalue weighted by Gasteiger charge is 2.18. The van der Waals surface area contributed by atoms with Gasteiger partial charge in [-0.1, -0.05) is 38.2 Å². The van der Waals surface area contributed by atoms with Crippen LogP contribution in [0, 0.1) is 5.92 Å². The normalized spacial score (nSPS) is 10.3. The molecule has 6 heteroatoms. The third-order valence-corrected chi connectivity index (χ3v) is 2.87. The first-order chi connectivity index (χ1) is 9.31. The van der Waals surface area contributed by atoms with E-state index in [4.69, 9.17) is 23.7 Å². The van der Waals surface area contributed by atoms with Gasteiger partial charge in [-0.05, 0) is 18.1 Å². The lowest BCUT2D eigenvalue weighted by Crippen LogP contribution is -2.40. The van der Waals surface area contributed by atoms with Crippen molar-refractivity contribution in [3.8, 4) is 0 Å². The molecule has 2 amide bonds. The summed E-state index contributed by atoms with van der Waals surface area (Å²) in [7, 11) is 0. The molecule has 1 rings (SSSR count). The van der Waals surface area contributed by atoms with Gasteiger partial charge in [0.05, 0.1) is 6.54 Å². The van der Waals surface area contributed by atoms with Crippen LogP contribution in [0.15, 0.2) is 24.3 Å². The van der Waals surface area contributed by atoms with E-state index in [-0.39, 0.29) is 23.4 Å². The minimum Gasteiger partial charge on any atom is -0.389 e. The Morgan fingerprint density at radius 1 is 1.15 bits per heavy atom. The fourth-order valence-corrected chi connectivity index (χ4v) is 1.94. The fourth-order valence-electron chi connectivity index (χ4n) is 1.81. The largest absolute Gasteiger partial charge is 0.389 e. The first-order valence-electron chi connectivity index (χ1n) is 6.28. The van der Waals surface area contributed by atoms with Crippen LogP contribution in [0.25, 0.3) is 0 Å². The second kappa shape index (κ2) is 7.00. The first-order valence-corrected chi connectivity index (χ1v) is 6.69. The second-order valence-electron chi connectivity index (χ2n) is 4.99. The van der Waals surface area contributed by atoms with E-state index < -0.39 is 5.91 Å². The molecule has 0 bridgehead atoms. The summed E-state index contributed by atoms with van der Waals surface area (Å²) in [5, 5.41) is 0. The lowest BCUT2D eigenvalue weighted by molar-refractivity contribution is -0.118. The zero-order chi connectivity index (χ0) is 15.3. The molecule has 0 unspecified atom stereocenters. The zero-order valence-electron chi connectivity index (χ0n) is 11.6. The molecule has 0 spiro atoms. The third-order valence-electron chi connectivity index (χ3n) is 2.64. The molecule has 108 valence electrons. The third kappa shape index (κ3) is 4.62. The molecular weight excluding hydrogens is 274 g/mol. The van der Waals surface area contributed by atoms with E-state index in [1.54, 1.807) is 24.3 Å². The van der Waals surface area contributed by atoms with Crippen LogP contribution in [0.4, 0.5) is 0 Å². The van der Waals surface area contributed by atoms with Crippen molar-refractivity contribution >= 4 is 29.0 Å². The molecule has 0 heterocycles. The molecule has 0 fully saturated rings. The quantitative estimate of drug-likeness (QED) is 0.763. The van der Waals surface area contributed by atoms with Crippen LogP contribution in [0.3, 0.4) is 0 Å². The van der Waals surface area contributed by atoms with Gasteiger partial charge in [0.15, 0.2) is 0 Å². The van der Waals surface area contributed by atoms with Gasteiger partial charge in [-0.15, -0.1) is 0 Å². The Morgan fingerprint density at radius 3 is 2.05 bits per heavy atom. The minimum absolute atomic E-state index is 0.0892. The van der Waals surface area contributed by atoms with Crippen LogP contribution in [0.5, 0.6) is 0 Å². The van der Waals surface area contributed by atoms with Gasteiger partial charge in [0.25, 0.3) is 5.91 Å². The topological polar surface area (TPSA) is 89.4 Å². The summed E-state index contributed by atoms with van der Waals surface area (Å²) in [6.45, 7) is 4.32. The Bertz CT molecular complexity index is 512. The van der Waals surface area contributed by atoms with Crippen molar-refractivity contribution in [2.24, 2.45) is 17.4 Å². The zero-order valence-corrected chi connectivity index (χ0v) is 12.4. The summed E-state index contributed by atoms with van der Waals surface area (Å²) in [6.07, 6.45) is 0.